The third kappa shape index (κ3) is 2.44. The molecule has 4 saturated carbocycles. The molecular weight excluding hydrogens is 500 g/mol. The van der Waals surface area contributed by atoms with Gasteiger partial charge in [-0.05, 0) is 31.2 Å². The number of carbonyl (C=O) groups is 2. The van der Waals surface area contributed by atoms with Gasteiger partial charge in [0, 0.05) is 33.6 Å². The van der Waals surface area contributed by atoms with Crippen molar-refractivity contribution in [1.29, 1.82) is 0 Å². The minimum atomic E-state index is -2.30. The summed E-state index contributed by atoms with van der Waals surface area (Å²) in [5.41, 5.74) is -10.0. The Bertz CT molecular complexity index is 1190. The van der Waals surface area contributed by atoms with Gasteiger partial charge < -0.3 is 44.5 Å². The quantitative estimate of drug-likeness (QED) is 0.281. The largest absolute Gasteiger partial charge is 0.472 e. The van der Waals surface area contributed by atoms with E-state index in [-0.39, 0.29) is 19.3 Å². The Morgan fingerprint density at radius 2 is 1.87 bits per heavy atom. The maximum absolute atomic E-state index is 13.0. The molecule has 6 rings (SSSR count). The molecule has 0 amide bonds. The summed E-state index contributed by atoms with van der Waals surface area (Å²) in [7, 11) is 1.11. The van der Waals surface area contributed by atoms with Crippen LogP contribution in [0.2, 0.25) is 0 Å². The fraction of sp³-hybridized carbons (Fsp3) is 0.778. The molecule has 5 aliphatic rings. The summed E-state index contributed by atoms with van der Waals surface area (Å²) < 4.78 is 15.7. The Labute approximate surface area is 219 Å². The summed E-state index contributed by atoms with van der Waals surface area (Å²) in [6.45, 7) is 4.93. The molecule has 1 saturated heterocycles. The van der Waals surface area contributed by atoms with E-state index in [1.807, 2.05) is 0 Å². The van der Waals surface area contributed by atoms with E-state index in [9.17, 15) is 40.2 Å². The summed E-state index contributed by atoms with van der Waals surface area (Å²) in [4.78, 5) is 25.7. The number of carbonyl (C=O) groups excluding carboxylic acids is 2. The van der Waals surface area contributed by atoms with Crippen molar-refractivity contribution in [3.63, 3.8) is 0 Å². The number of cyclic esters (lactones) is 1. The number of esters is 2. The Morgan fingerprint density at radius 1 is 1.18 bits per heavy atom. The van der Waals surface area contributed by atoms with E-state index in [0.717, 1.165) is 7.11 Å². The second-order valence-corrected chi connectivity index (χ2v) is 13.0. The molecule has 2 heterocycles. The average Bonchev–Trinajstić information content (AvgIpc) is 3.46. The molecule has 1 aliphatic heterocycles. The first kappa shape index (κ1) is 26.2. The minimum absolute atomic E-state index is 0.153. The van der Waals surface area contributed by atoms with Crippen molar-refractivity contribution >= 4 is 11.9 Å². The van der Waals surface area contributed by atoms with Gasteiger partial charge in [0.1, 0.15) is 17.3 Å². The fourth-order valence-electron chi connectivity index (χ4n) is 10.4. The summed E-state index contributed by atoms with van der Waals surface area (Å²) in [6.07, 6.45) is -3.59. The lowest BCUT2D eigenvalue weighted by molar-refractivity contribution is -0.335. The Morgan fingerprint density at radius 3 is 2.47 bits per heavy atom. The number of furan rings is 1. The lowest BCUT2D eigenvalue weighted by Crippen LogP contribution is -2.78. The minimum Gasteiger partial charge on any atom is -0.472 e. The number of hydrogen-bond donors (Lipinski definition) is 6. The first-order valence-corrected chi connectivity index (χ1v) is 13.1. The van der Waals surface area contributed by atoms with E-state index in [0.29, 0.717) is 5.56 Å². The van der Waals surface area contributed by atoms with Crippen LogP contribution in [0, 0.1) is 34.0 Å². The van der Waals surface area contributed by atoms with E-state index in [1.165, 1.54) is 12.5 Å². The summed E-state index contributed by atoms with van der Waals surface area (Å²) >= 11 is 0. The normalized spacial score (nSPS) is 55.6. The van der Waals surface area contributed by atoms with E-state index in [1.54, 1.807) is 26.8 Å². The maximum Gasteiger partial charge on any atom is 0.335 e. The number of rotatable bonds is 3. The van der Waals surface area contributed by atoms with Gasteiger partial charge in [-0.3, -0.25) is 4.79 Å². The van der Waals surface area contributed by atoms with Crippen LogP contribution in [0.5, 0.6) is 0 Å². The Balaban J connectivity index is 1.60. The SMILES string of the molecule is COC(=O)[C@H](O)[C@H]1[C@]2(C)C[C@]3(O)[C@@H]([C@@H](O)[C@@H]2O)[C@@]2(O)C(CC[C@@]4(C)[C@H](c5ccoc5)OC(=O)C[C@@]42O)[C@]13C. The Hall–Kier alpha value is -2.02. The molecule has 4 aliphatic carbocycles. The molecular formula is C27H36O11. The van der Waals surface area contributed by atoms with Crippen molar-refractivity contribution in [2.24, 2.45) is 34.0 Å². The third-order valence-corrected chi connectivity index (χ3v) is 11.9. The van der Waals surface area contributed by atoms with Crippen LogP contribution in [0.1, 0.15) is 58.1 Å². The van der Waals surface area contributed by atoms with Gasteiger partial charge in [0.15, 0.2) is 6.10 Å². The molecule has 11 nitrogen and oxygen atoms in total. The number of ether oxygens (including phenoxy) is 2. The zero-order chi connectivity index (χ0) is 27.8. The van der Waals surface area contributed by atoms with Crippen molar-refractivity contribution in [1.82, 2.24) is 0 Å². The second-order valence-electron chi connectivity index (χ2n) is 13.0. The van der Waals surface area contributed by atoms with Crippen LogP contribution < -0.4 is 0 Å². The standard InChI is InChI=1S/C27H36O11/c1-22-11-25(33)18(15(29)19(22)31)27(35)13(24(25,3)17(22)16(30)21(32)36-4)5-7-23(2)20(12-6-8-37-10-12)38-14(28)9-26(23,27)34/h6,8,10,13,15-20,29-31,33-35H,5,7,9,11H2,1-4H3/t13?,15-,16-,17+,18-,19+,20+,22+,23+,24-,25+,26-,27+/m1/s1. The number of hydrogen-bond acceptors (Lipinski definition) is 11. The smallest absolute Gasteiger partial charge is 0.335 e. The molecule has 1 unspecified atom stereocenters. The van der Waals surface area contributed by atoms with Crippen LogP contribution in [0.4, 0.5) is 0 Å². The van der Waals surface area contributed by atoms with Crippen LogP contribution in [-0.2, 0) is 19.1 Å². The molecule has 38 heavy (non-hydrogen) atoms. The van der Waals surface area contributed by atoms with Gasteiger partial charge in [-0.1, -0.05) is 20.8 Å². The van der Waals surface area contributed by atoms with Crippen molar-refractivity contribution in [2.75, 3.05) is 7.11 Å². The highest BCUT2D eigenvalue weighted by molar-refractivity contribution is 5.76. The summed E-state index contributed by atoms with van der Waals surface area (Å²) in [6, 6.07) is 1.61. The molecule has 11 heteroatoms. The van der Waals surface area contributed by atoms with Gasteiger partial charge in [0.2, 0.25) is 0 Å². The molecule has 6 N–H and O–H groups in total. The Kier molecular flexibility index (Phi) is 5.09. The first-order chi connectivity index (χ1) is 17.6. The van der Waals surface area contributed by atoms with Crippen molar-refractivity contribution in [2.45, 2.75) is 87.7 Å². The number of methoxy groups -OCH3 is 1. The number of aliphatic hydroxyl groups excluding tert-OH is 3. The molecule has 5 fully saturated rings. The highest BCUT2D eigenvalue weighted by atomic mass is 16.6. The van der Waals surface area contributed by atoms with Gasteiger partial charge >= 0.3 is 11.9 Å². The molecule has 1 aromatic rings. The van der Waals surface area contributed by atoms with Gasteiger partial charge in [-0.2, -0.15) is 0 Å². The van der Waals surface area contributed by atoms with Gasteiger partial charge in [0.05, 0.1) is 43.9 Å². The first-order valence-electron chi connectivity index (χ1n) is 13.1. The van der Waals surface area contributed by atoms with Crippen LogP contribution in [0.3, 0.4) is 0 Å². The van der Waals surface area contributed by atoms with Crippen LogP contribution >= 0.6 is 0 Å². The van der Waals surface area contributed by atoms with Crippen molar-refractivity contribution in [3.8, 4) is 0 Å². The molecule has 2 bridgehead atoms. The monoisotopic (exact) mass is 536 g/mol. The van der Waals surface area contributed by atoms with Gasteiger partial charge in [-0.15, -0.1) is 0 Å². The predicted molar refractivity (Wildman–Crippen MR) is 126 cm³/mol. The number of fused-ring (bicyclic) bond motifs is 6. The van der Waals surface area contributed by atoms with Gasteiger partial charge in [0.25, 0.3) is 0 Å². The summed E-state index contributed by atoms with van der Waals surface area (Å²) in [5, 5.41) is 72.2. The molecule has 13 atom stereocenters. The fourth-order valence-corrected chi connectivity index (χ4v) is 10.4. The zero-order valence-corrected chi connectivity index (χ0v) is 21.8. The average molecular weight is 537 g/mol. The third-order valence-electron chi connectivity index (χ3n) is 11.9. The topological polar surface area (TPSA) is 187 Å². The molecule has 1 aromatic heterocycles. The molecule has 0 radical (unpaired) electrons. The van der Waals surface area contributed by atoms with Crippen molar-refractivity contribution < 1.29 is 54.1 Å². The van der Waals surface area contributed by atoms with E-state index in [2.05, 4.69) is 0 Å². The van der Waals surface area contributed by atoms with Crippen LogP contribution in [0.25, 0.3) is 0 Å². The van der Waals surface area contributed by atoms with E-state index >= 15 is 0 Å². The highest BCUT2D eigenvalue weighted by Gasteiger charge is 2.91. The molecule has 210 valence electrons. The van der Waals surface area contributed by atoms with E-state index in [4.69, 9.17) is 13.9 Å². The number of aliphatic hydroxyl groups is 6. The highest BCUT2D eigenvalue weighted by Crippen LogP contribution is 2.82. The molecule has 0 aromatic carbocycles. The predicted octanol–water partition coefficient (Wildman–Crippen LogP) is -0.191. The zero-order valence-electron chi connectivity index (χ0n) is 21.8. The van der Waals surface area contributed by atoms with Crippen LogP contribution in [-0.4, -0.2) is 84.8 Å². The van der Waals surface area contributed by atoms with Gasteiger partial charge in [-0.25, -0.2) is 4.79 Å². The second kappa shape index (κ2) is 7.38. The van der Waals surface area contributed by atoms with E-state index < -0.39 is 93.6 Å². The van der Waals surface area contributed by atoms with Crippen LogP contribution in [0.15, 0.2) is 23.0 Å². The lowest BCUT2D eigenvalue weighted by atomic mass is 9.44. The van der Waals surface area contributed by atoms with Crippen molar-refractivity contribution in [3.05, 3.63) is 24.2 Å². The lowest BCUT2D eigenvalue weighted by Gasteiger charge is -2.66. The maximum atomic E-state index is 13.0. The summed E-state index contributed by atoms with van der Waals surface area (Å²) in [5.74, 6) is -5.35. The molecule has 0 spiro atoms.